The highest BCUT2D eigenvalue weighted by Crippen LogP contribution is 2.21. The van der Waals surface area contributed by atoms with Crippen LogP contribution in [0.15, 0.2) is 27.8 Å². The van der Waals surface area contributed by atoms with Crippen molar-refractivity contribution in [1.29, 1.82) is 0 Å². The minimum Gasteiger partial charge on any atom is -0.390 e. The van der Waals surface area contributed by atoms with Gasteiger partial charge in [0.2, 0.25) is 0 Å². The molecule has 0 atom stereocenters. The molecule has 0 saturated carbocycles. The number of aliphatic hydroxyl groups is 1. The molecule has 2 rings (SSSR count). The van der Waals surface area contributed by atoms with Crippen LogP contribution in [-0.4, -0.2) is 14.7 Å². The molecule has 74 valence electrons. The van der Waals surface area contributed by atoms with E-state index in [2.05, 4.69) is 32.4 Å². The van der Waals surface area contributed by atoms with Gasteiger partial charge in [0.05, 0.1) is 22.4 Å². The van der Waals surface area contributed by atoms with Crippen LogP contribution in [0.5, 0.6) is 0 Å². The van der Waals surface area contributed by atoms with Crippen molar-refractivity contribution in [3.63, 3.8) is 0 Å². The van der Waals surface area contributed by atoms with Gasteiger partial charge in [-0.15, -0.1) is 11.3 Å². The molecule has 0 spiro atoms. The lowest BCUT2D eigenvalue weighted by Gasteiger charge is -1.97. The standard InChI is InChI=1S/C9H9BrN2OS/c10-9-1-7(5-14-9)2-12-3-8(4-13)11-6-12/h1,3,5-6,13H,2,4H2. The van der Waals surface area contributed by atoms with E-state index in [0.717, 1.165) is 10.3 Å². The summed E-state index contributed by atoms with van der Waals surface area (Å²) in [5.74, 6) is 0. The van der Waals surface area contributed by atoms with Crippen molar-refractivity contribution in [3.8, 4) is 0 Å². The van der Waals surface area contributed by atoms with E-state index in [1.54, 1.807) is 17.7 Å². The molecular formula is C9H9BrN2OS. The van der Waals surface area contributed by atoms with Crippen molar-refractivity contribution in [2.45, 2.75) is 13.2 Å². The van der Waals surface area contributed by atoms with Crippen LogP contribution in [0.25, 0.3) is 0 Å². The number of hydrogen-bond donors (Lipinski definition) is 1. The van der Waals surface area contributed by atoms with Crippen LogP contribution < -0.4 is 0 Å². The molecule has 0 aliphatic carbocycles. The van der Waals surface area contributed by atoms with Gasteiger partial charge in [-0.25, -0.2) is 4.98 Å². The fraction of sp³-hybridized carbons (Fsp3) is 0.222. The van der Waals surface area contributed by atoms with Crippen LogP contribution in [0.4, 0.5) is 0 Å². The minimum absolute atomic E-state index is 0.000329. The number of imidazole rings is 1. The van der Waals surface area contributed by atoms with Gasteiger partial charge in [-0.2, -0.15) is 0 Å². The van der Waals surface area contributed by atoms with Crippen LogP contribution in [-0.2, 0) is 13.2 Å². The number of thiophene rings is 1. The lowest BCUT2D eigenvalue weighted by molar-refractivity contribution is 0.277. The van der Waals surface area contributed by atoms with Crippen molar-refractivity contribution in [2.75, 3.05) is 0 Å². The van der Waals surface area contributed by atoms with Crippen LogP contribution in [0, 0.1) is 0 Å². The molecule has 0 fully saturated rings. The third-order valence-electron chi connectivity index (χ3n) is 1.84. The number of aliphatic hydroxyl groups excluding tert-OH is 1. The van der Waals surface area contributed by atoms with Gasteiger partial charge in [-0.05, 0) is 32.9 Å². The molecule has 0 saturated heterocycles. The predicted octanol–water partition coefficient (Wildman–Crippen LogP) is 2.25. The van der Waals surface area contributed by atoms with Crippen molar-refractivity contribution in [2.24, 2.45) is 0 Å². The topological polar surface area (TPSA) is 38.0 Å². The molecule has 0 aliphatic heterocycles. The number of hydrogen-bond acceptors (Lipinski definition) is 3. The quantitative estimate of drug-likeness (QED) is 0.931. The first-order valence-corrected chi connectivity index (χ1v) is 5.79. The molecule has 1 N–H and O–H groups in total. The van der Waals surface area contributed by atoms with Crippen molar-refractivity contribution in [3.05, 3.63) is 39.0 Å². The summed E-state index contributed by atoms with van der Waals surface area (Å²) in [6.07, 6.45) is 3.59. The molecule has 0 unspecified atom stereocenters. The van der Waals surface area contributed by atoms with Gasteiger partial charge in [-0.3, -0.25) is 0 Å². The highest BCUT2D eigenvalue weighted by Gasteiger charge is 2.00. The van der Waals surface area contributed by atoms with Gasteiger partial charge in [0, 0.05) is 12.7 Å². The summed E-state index contributed by atoms with van der Waals surface area (Å²) in [5.41, 5.74) is 1.95. The number of halogens is 1. The SMILES string of the molecule is OCc1cn(Cc2csc(Br)c2)cn1. The van der Waals surface area contributed by atoms with E-state index in [-0.39, 0.29) is 6.61 Å². The Labute approximate surface area is 94.2 Å². The summed E-state index contributed by atoms with van der Waals surface area (Å²) in [7, 11) is 0. The van der Waals surface area contributed by atoms with E-state index in [1.165, 1.54) is 5.56 Å². The zero-order valence-corrected chi connectivity index (χ0v) is 9.75. The molecule has 2 aromatic rings. The monoisotopic (exact) mass is 272 g/mol. The van der Waals surface area contributed by atoms with Gasteiger partial charge in [0.1, 0.15) is 0 Å². The summed E-state index contributed by atoms with van der Waals surface area (Å²) in [6, 6.07) is 2.09. The van der Waals surface area contributed by atoms with Crippen LogP contribution in [0.1, 0.15) is 11.3 Å². The predicted molar refractivity (Wildman–Crippen MR) is 59.3 cm³/mol. The second kappa shape index (κ2) is 4.25. The fourth-order valence-corrected chi connectivity index (χ4v) is 2.41. The molecule has 0 radical (unpaired) electrons. The summed E-state index contributed by atoms with van der Waals surface area (Å²) >= 11 is 5.09. The first-order valence-electron chi connectivity index (χ1n) is 4.12. The third-order valence-corrected chi connectivity index (χ3v) is 3.39. The average molecular weight is 273 g/mol. The van der Waals surface area contributed by atoms with E-state index >= 15 is 0 Å². The average Bonchev–Trinajstić information content (AvgIpc) is 2.76. The van der Waals surface area contributed by atoms with Crippen molar-refractivity contribution in [1.82, 2.24) is 9.55 Å². The highest BCUT2D eigenvalue weighted by molar-refractivity contribution is 9.11. The fourth-order valence-electron chi connectivity index (χ4n) is 1.21. The molecule has 3 nitrogen and oxygen atoms in total. The Kier molecular flexibility index (Phi) is 3.00. The van der Waals surface area contributed by atoms with Gasteiger partial charge >= 0.3 is 0 Å². The van der Waals surface area contributed by atoms with Gasteiger partial charge in [-0.1, -0.05) is 0 Å². The number of aromatic nitrogens is 2. The molecular weight excluding hydrogens is 264 g/mol. The Morgan fingerprint density at radius 2 is 2.43 bits per heavy atom. The van der Waals surface area contributed by atoms with E-state index in [4.69, 9.17) is 5.11 Å². The van der Waals surface area contributed by atoms with Gasteiger partial charge < -0.3 is 9.67 Å². The maximum atomic E-state index is 8.84. The first kappa shape index (κ1) is 9.89. The molecule has 5 heteroatoms. The zero-order valence-electron chi connectivity index (χ0n) is 7.35. The molecule has 0 aromatic carbocycles. The molecule has 2 heterocycles. The number of nitrogens with zero attached hydrogens (tertiary/aromatic N) is 2. The highest BCUT2D eigenvalue weighted by atomic mass is 79.9. The summed E-state index contributed by atoms with van der Waals surface area (Å²) in [5, 5.41) is 10.9. The number of rotatable bonds is 3. The largest absolute Gasteiger partial charge is 0.390 e. The Bertz CT molecular complexity index is 424. The van der Waals surface area contributed by atoms with E-state index < -0.39 is 0 Å². The van der Waals surface area contributed by atoms with Crippen LogP contribution in [0.2, 0.25) is 0 Å². The van der Waals surface area contributed by atoms with Crippen LogP contribution >= 0.6 is 27.3 Å². The molecule has 2 aromatic heterocycles. The van der Waals surface area contributed by atoms with Gasteiger partial charge in [0.15, 0.2) is 0 Å². The van der Waals surface area contributed by atoms with Crippen LogP contribution in [0.3, 0.4) is 0 Å². The van der Waals surface area contributed by atoms with E-state index in [0.29, 0.717) is 5.69 Å². The smallest absolute Gasteiger partial charge is 0.0953 e. The van der Waals surface area contributed by atoms with E-state index in [9.17, 15) is 0 Å². The normalized spacial score (nSPS) is 10.7. The molecule has 14 heavy (non-hydrogen) atoms. The van der Waals surface area contributed by atoms with Crippen molar-refractivity contribution >= 4 is 27.3 Å². The lowest BCUT2D eigenvalue weighted by Crippen LogP contribution is -1.94. The van der Waals surface area contributed by atoms with Crippen molar-refractivity contribution < 1.29 is 5.11 Å². The maximum Gasteiger partial charge on any atom is 0.0953 e. The lowest BCUT2D eigenvalue weighted by atomic mass is 10.3. The second-order valence-electron chi connectivity index (χ2n) is 2.95. The molecule has 0 aliphatic rings. The summed E-state index contributed by atoms with van der Waals surface area (Å²) in [6.45, 7) is 0.801. The Morgan fingerprint density at radius 1 is 1.57 bits per heavy atom. The third kappa shape index (κ3) is 2.23. The Morgan fingerprint density at radius 3 is 3.00 bits per heavy atom. The summed E-state index contributed by atoms with van der Waals surface area (Å²) in [4.78, 5) is 4.04. The maximum absolute atomic E-state index is 8.84. The van der Waals surface area contributed by atoms with Gasteiger partial charge in [0.25, 0.3) is 0 Å². The Balaban J connectivity index is 2.10. The molecule has 0 amide bonds. The minimum atomic E-state index is 0.000329. The second-order valence-corrected chi connectivity index (χ2v) is 5.24. The molecule has 0 bridgehead atoms. The first-order chi connectivity index (χ1) is 6.78. The zero-order chi connectivity index (χ0) is 9.97. The summed E-state index contributed by atoms with van der Waals surface area (Å²) < 4.78 is 3.09. The Hall–Kier alpha value is -0.650. The van der Waals surface area contributed by atoms with E-state index in [1.807, 2.05) is 10.8 Å².